The predicted octanol–water partition coefficient (Wildman–Crippen LogP) is 3.25. The monoisotopic (exact) mass is 466 g/mol. The van der Waals surface area contributed by atoms with E-state index in [4.69, 9.17) is 11.6 Å². The highest BCUT2D eigenvalue weighted by Gasteiger charge is 2.42. The third-order valence-electron chi connectivity index (χ3n) is 4.83. The first-order valence-corrected chi connectivity index (χ1v) is 12.1. The van der Waals surface area contributed by atoms with E-state index >= 15 is 0 Å². The third kappa shape index (κ3) is 3.38. The first-order chi connectivity index (χ1) is 14.1. The van der Waals surface area contributed by atoms with E-state index in [1.54, 1.807) is 18.2 Å². The van der Waals surface area contributed by atoms with E-state index in [0.29, 0.717) is 16.6 Å². The van der Waals surface area contributed by atoms with Crippen LogP contribution < -0.4 is 0 Å². The number of hydrogen-bond acceptors (Lipinski definition) is 6. The summed E-state index contributed by atoms with van der Waals surface area (Å²) in [6.45, 7) is 1.54. The van der Waals surface area contributed by atoms with Crippen LogP contribution in [0, 0.1) is 5.82 Å². The Balaban J connectivity index is 1.80. The molecular formula is C19H16ClFN4O3S2. The van der Waals surface area contributed by atoms with E-state index in [0.717, 1.165) is 10.2 Å². The molecule has 1 aliphatic carbocycles. The van der Waals surface area contributed by atoms with Crippen molar-refractivity contribution in [2.24, 2.45) is 0 Å². The minimum atomic E-state index is -3.99. The van der Waals surface area contributed by atoms with Gasteiger partial charge in [0.25, 0.3) is 0 Å². The van der Waals surface area contributed by atoms with Gasteiger partial charge in [0.05, 0.1) is 17.0 Å². The molecule has 1 aliphatic rings. The Morgan fingerprint density at radius 1 is 1.30 bits per heavy atom. The van der Waals surface area contributed by atoms with Gasteiger partial charge >= 0.3 is 0 Å². The summed E-state index contributed by atoms with van der Waals surface area (Å²) in [5.41, 5.74) is 0.700. The third-order valence-corrected chi connectivity index (χ3v) is 8.13. The number of pyridine rings is 1. The van der Waals surface area contributed by atoms with Crippen molar-refractivity contribution in [3.63, 3.8) is 0 Å². The zero-order chi connectivity index (χ0) is 21.7. The fourth-order valence-electron chi connectivity index (χ4n) is 3.36. The molecule has 0 aromatic carbocycles. The number of rotatable bonds is 4. The van der Waals surface area contributed by atoms with Gasteiger partial charge < -0.3 is 0 Å². The van der Waals surface area contributed by atoms with Crippen molar-refractivity contribution in [2.75, 3.05) is 6.26 Å². The summed E-state index contributed by atoms with van der Waals surface area (Å²) in [7, 11) is -5.66. The van der Waals surface area contributed by atoms with E-state index in [-0.39, 0.29) is 22.3 Å². The van der Waals surface area contributed by atoms with Gasteiger partial charge in [-0.25, -0.2) is 31.7 Å². The van der Waals surface area contributed by atoms with Gasteiger partial charge in [-0.3, -0.25) is 4.21 Å². The molecule has 2 atom stereocenters. The fourth-order valence-corrected chi connectivity index (χ4v) is 6.00. The minimum absolute atomic E-state index is 0.0144. The quantitative estimate of drug-likeness (QED) is 0.548. The standard InChI is InChI=1S/C19H16ClFN4O3S2/c1-19(30(27,28)25-7-5-12-4-3-6-22-17(12)25)9-13(8-14(20)10-19)16-23-11-15(21)18(24-16)29(2)26/h3-8,10-11H,9H2,1-2H3. The summed E-state index contributed by atoms with van der Waals surface area (Å²) in [5, 5.41) is 0.610. The lowest BCUT2D eigenvalue weighted by atomic mass is 9.94. The Labute approximate surface area is 179 Å². The van der Waals surface area contributed by atoms with Crippen LogP contribution in [0.4, 0.5) is 4.39 Å². The maximum Gasteiger partial charge on any atom is 0.249 e. The highest BCUT2D eigenvalue weighted by Crippen LogP contribution is 2.39. The van der Waals surface area contributed by atoms with Gasteiger partial charge in [0.1, 0.15) is 4.75 Å². The van der Waals surface area contributed by atoms with E-state index in [2.05, 4.69) is 15.0 Å². The molecule has 0 bridgehead atoms. The smallest absolute Gasteiger partial charge is 0.249 e. The number of halogens is 2. The second-order valence-corrected chi connectivity index (χ2v) is 11.0. The van der Waals surface area contributed by atoms with Crippen molar-refractivity contribution >= 4 is 49.0 Å². The van der Waals surface area contributed by atoms with Crippen molar-refractivity contribution in [2.45, 2.75) is 23.1 Å². The normalized spacial score (nSPS) is 20.7. The molecule has 4 rings (SSSR count). The summed E-state index contributed by atoms with van der Waals surface area (Å²) in [4.78, 5) is 12.2. The van der Waals surface area contributed by atoms with Crippen LogP contribution in [0.1, 0.15) is 19.2 Å². The van der Waals surface area contributed by atoms with Crippen molar-refractivity contribution in [3.05, 3.63) is 65.6 Å². The summed E-state index contributed by atoms with van der Waals surface area (Å²) < 4.78 is 52.5. The van der Waals surface area contributed by atoms with Gasteiger partial charge in [-0.05, 0) is 37.3 Å². The van der Waals surface area contributed by atoms with Crippen LogP contribution in [0.2, 0.25) is 0 Å². The maximum absolute atomic E-state index is 13.9. The molecule has 0 N–H and O–H groups in total. The van der Waals surface area contributed by atoms with Gasteiger partial charge in [-0.2, -0.15) is 0 Å². The Hall–Kier alpha value is -2.43. The molecule has 7 nitrogen and oxygen atoms in total. The van der Waals surface area contributed by atoms with Gasteiger partial charge in [-0.1, -0.05) is 11.6 Å². The first-order valence-electron chi connectivity index (χ1n) is 8.75. The molecule has 0 spiro atoms. The van der Waals surface area contributed by atoms with E-state index in [9.17, 15) is 17.0 Å². The maximum atomic E-state index is 13.9. The zero-order valence-corrected chi connectivity index (χ0v) is 18.3. The average molecular weight is 467 g/mol. The van der Waals surface area contributed by atoms with E-state index in [1.807, 2.05) is 0 Å². The molecule has 0 saturated heterocycles. The second-order valence-electron chi connectivity index (χ2n) is 7.02. The fraction of sp³-hybridized carbons (Fsp3) is 0.211. The van der Waals surface area contributed by atoms with Crippen LogP contribution in [0.3, 0.4) is 0 Å². The highest BCUT2D eigenvalue weighted by atomic mass is 35.5. The van der Waals surface area contributed by atoms with E-state index in [1.165, 1.54) is 37.7 Å². The van der Waals surface area contributed by atoms with Crippen LogP contribution in [0.15, 0.2) is 59.0 Å². The summed E-state index contributed by atoms with van der Waals surface area (Å²) in [6, 6.07) is 5.16. The Kier molecular flexibility index (Phi) is 5.11. The lowest BCUT2D eigenvalue weighted by Crippen LogP contribution is -2.39. The summed E-state index contributed by atoms with van der Waals surface area (Å²) in [6.07, 6.45) is 8.15. The molecule has 0 amide bonds. The summed E-state index contributed by atoms with van der Waals surface area (Å²) >= 11 is 6.27. The Bertz CT molecular complexity index is 1370. The molecule has 156 valence electrons. The second kappa shape index (κ2) is 7.36. The molecule has 0 aliphatic heterocycles. The van der Waals surface area contributed by atoms with Gasteiger partial charge in [-0.15, -0.1) is 0 Å². The summed E-state index contributed by atoms with van der Waals surface area (Å²) in [5.74, 6) is -0.720. The molecule has 3 aromatic heterocycles. The zero-order valence-electron chi connectivity index (χ0n) is 15.9. The number of allylic oxidation sites excluding steroid dienone is 3. The molecule has 30 heavy (non-hydrogen) atoms. The van der Waals surface area contributed by atoms with Gasteiger partial charge in [0.15, 0.2) is 22.3 Å². The van der Waals surface area contributed by atoms with Crippen molar-refractivity contribution in [3.8, 4) is 0 Å². The molecular weight excluding hydrogens is 451 g/mol. The average Bonchev–Trinajstić information content (AvgIpc) is 3.12. The number of nitrogens with zero attached hydrogens (tertiary/aromatic N) is 4. The van der Waals surface area contributed by atoms with Crippen LogP contribution in [-0.2, 0) is 20.8 Å². The number of hydrogen-bond donors (Lipinski definition) is 0. The van der Waals surface area contributed by atoms with Crippen LogP contribution in [0.5, 0.6) is 0 Å². The minimum Gasteiger partial charge on any atom is -0.253 e. The number of fused-ring (bicyclic) bond motifs is 1. The highest BCUT2D eigenvalue weighted by molar-refractivity contribution is 7.91. The van der Waals surface area contributed by atoms with Crippen molar-refractivity contribution in [1.29, 1.82) is 0 Å². The first kappa shape index (κ1) is 20.8. The lowest BCUT2D eigenvalue weighted by Gasteiger charge is -2.30. The lowest BCUT2D eigenvalue weighted by molar-refractivity contribution is 0.553. The molecule has 3 aromatic rings. The molecule has 2 unspecified atom stereocenters. The SMILES string of the molecule is CS(=O)c1nc(C2=CC(Cl)=CC(C)(S(=O)(=O)n3ccc4cccnc43)C2)ncc1F. The largest absolute Gasteiger partial charge is 0.253 e. The topological polar surface area (TPSA) is 94.8 Å². The van der Waals surface area contributed by atoms with Crippen molar-refractivity contribution in [1.82, 2.24) is 18.9 Å². The Morgan fingerprint density at radius 3 is 2.80 bits per heavy atom. The Morgan fingerprint density at radius 2 is 2.07 bits per heavy atom. The molecule has 0 saturated carbocycles. The van der Waals surface area contributed by atoms with E-state index < -0.39 is 31.4 Å². The molecule has 0 radical (unpaired) electrons. The molecule has 0 fully saturated rings. The van der Waals surface area contributed by atoms with Crippen LogP contribution in [-0.4, -0.2) is 42.6 Å². The van der Waals surface area contributed by atoms with Crippen LogP contribution in [0.25, 0.3) is 16.6 Å². The molecule has 11 heteroatoms. The molecule has 3 heterocycles. The van der Waals surface area contributed by atoms with Gasteiger partial charge in [0.2, 0.25) is 10.0 Å². The predicted molar refractivity (Wildman–Crippen MR) is 113 cm³/mol. The van der Waals surface area contributed by atoms with Gasteiger partial charge in [0, 0.05) is 41.1 Å². The van der Waals surface area contributed by atoms with Crippen LogP contribution >= 0.6 is 11.6 Å². The van der Waals surface area contributed by atoms with Crippen molar-refractivity contribution < 1.29 is 17.0 Å². The number of aromatic nitrogens is 4.